The molecule has 5 heteroatoms. The van der Waals surface area contributed by atoms with Gasteiger partial charge >= 0.3 is 0 Å². The molecule has 1 amide bonds. The molecule has 21 heavy (non-hydrogen) atoms. The van der Waals surface area contributed by atoms with Crippen molar-refractivity contribution in [1.82, 2.24) is 0 Å². The molecule has 1 N–H and O–H groups in total. The van der Waals surface area contributed by atoms with E-state index in [0.29, 0.717) is 21.5 Å². The van der Waals surface area contributed by atoms with Gasteiger partial charge in [-0.1, -0.05) is 26.7 Å². The van der Waals surface area contributed by atoms with Gasteiger partial charge in [0.25, 0.3) is 5.91 Å². The molecule has 0 atom stereocenters. The third-order valence-electron chi connectivity index (χ3n) is 3.61. The number of ether oxygens (including phenoxy) is 1. The van der Waals surface area contributed by atoms with Crippen LogP contribution in [-0.4, -0.2) is 18.3 Å². The summed E-state index contributed by atoms with van der Waals surface area (Å²) in [6, 6.07) is 3.48. The maximum absolute atomic E-state index is 12.7. The number of hydrogen-bond donors (Lipinski definition) is 1. The SMILES string of the molecule is CCCC(CCC)C(=O)c1cc2c(cc1Br)NC(=O)CO2. The van der Waals surface area contributed by atoms with Crippen LogP contribution in [0.4, 0.5) is 5.69 Å². The van der Waals surface area contributed by atoms with Crippen LogP contribution < -0.4 is 10.1 Å². The van der Waals surface area contributed by atoms with Gasteiger partial charge in [0.1, 0.15) is 5.75 Å². The first-order chi connectivity index (χ1) is 10.1. The molecule has 0 saturated carbocycles. The second kappa shape index (κ2) is 7.07. The molecule has 1 heterocycles. The molecular weight excluding hydrogens is 334 g/mol. The van der Waals surface area contributed by atoms with Gasteiger partial charge in [0.2, 0.25) is 0 Å². The van der Waals surface area contributed by atoms with Crippen molar-refractivity contribution < 1.29 is 14.3 Å². The summed E-state index contributed by atoms with van der Waals surface area (Å²) in [4.78, 5) is 24.0. The molecule has 0 radical (unpaired) electrons. The third-order valence-corrected chi connectivity index (χ3v) is 4.27. The van der Waals surface area contributed by atoms with Crippen molar-refractivity contribution in [2.45, 2.75) is 39.5 Å². The van der Waals surface area contributed by atoms with Gasteiger partial charge in [0.05, 0.1) is 5.69 Å². The summed E-state index contributed by atoms with van der Waals surface area (Å²) in [5.74, 6) is 0.581. The minimum absolute atomic E-state index is 0.00435. The smallest absolute Gasteiger partial charge is 0.262 e. The van der Waals surface area contributed by atoms with Gasteiger partial charge in [-0.25, -0.2) is 0 Å². The fourth-order valence-corrected chi connectivity index (χ4v) is 3.15. The molecule has 2 rings (SSSR count). The van der Waals surface area contributed by atoms with E-state index >= 15 is 0 Å². The van der Waals surface area contributed by atoms with Crippen molar-refractivity contribution >= 4 is 33.3 Å². The van der Waals surface area contributed by atoms with Crippen LogP contribution in [0.3, 0.4) is 0 Å². The van der Waals surface area contributed by atoms with Crippen molar-refractivity contribution in [1.29, 1.82) is 0 Å². The minimum Gasteiger partial charge on any atom is -0.482 e. The Morgan fingerprint density at radius 3 is 2.62 bits per heavy atom. The van der Waals surface area contributed by atoms with Crippen LogP contribution >= 0.6 is 15.9 Å². The predicted octanol–water partition coefficient (Wildman–Crippen LogP) is 4.18. The number of carbonyl (C=O) groups excluding carboxylic acids is 2. The molecule has 4 nitrogen and oxygen atoms in total. The van der Waals surface area contributed by atoms with Crippen LogP contribution in [0.2, 0.25) is 0 Å². The fourth-order valence-electron chi connectivity index (χ4n) is 2.61. The molecule has 1 aliphatic heterocycles. The highest BCUT2D eigenvalue weighted by atomic mass is 79.9. The van der Waals surface area contributed by atoms with Gasteiger partial charge in [-0.3, -0.25) is 9.59 Å². The fraction of sp³-hybridized carbons (Fsp3) is 0.500. The van der Waals surface area contributed by atoms with Gasteiger partial charge < -0.3 is 10.1 Å². The Bertz CT molecular complexity index is 551. The van der Waals surface area contributed by atoms with Crippen molar-refractivity contribution in [2.75, 3.05) is 11.9 Å². The number of halogens is 1. The maximum Gasteiger partial charge on any atom is 0.262 e. The molecule has 114 valence electrons. The molecule has 0 fully saturated rings. The van der Waals surface area contributed by atoms with E-state index in [1.54, 1.807) is 12.1 Å². The number of nitrogens with one attached hydrogen (secondary N) is 1. The number of rotatable bonds is 6. The van der Waals surface area contributed by atoms with Crippen LogP contribution in [0.15, 0.2) is 16.6 Å². The van der Waals surface area contributed by atoms with Crippen LogP contribution in [0.1, 0.15) is 49.9 Å². The molecule has 1 aliphatic rings. The zero-order valence-electron chi connectivity index (χ0n) is 12.4. The molecule has 0 saturated heterocycles. The molecule has 1 aromatic rings. The number of hydrogen-bond acceptors (Lipinski definition) is 3. The van der Waals surface area contributed by atoms with E-state index in [0.717, 1.165) is 25.7 Å². The summed E-state index contributed by atoms with van der Waals surface area (Å²) in [5.41, 5.74) is 1.24. The van der Waals surface area contributed by atoms with Crippen molar-refractivity contribution in [3.8, 4) is 5.75 Å². The van der Waals surface area contributed by atoms with Crippen LogP contribution in [0.25, 0.3) is 0 Å². The largest absolute Gasteiger partial charge is 0.482 e. The monoisotopic (exact) mass is 353 g/mol. The van der Waals surface area contributed by atoms with Crippen molar-refractivity contribution in [3.63, 3.8) is 0 Å². The lowest BCUT2D eigenvalue weighted by atomic mass is 9.89. The van der Waals surface area contributed by atoms with Gasteiger partial charge in [0, 0.05) is 16.0 Å². The molecular formula is C16H20BrNO3. The lowest BCUT2D eigenvalue weighted by molar-refractivity contribution is -0.118. The van der Waals surface area contributed by atoms with Crippen LogP contribution in [0.5, 0.6) is 5.75 Å². The first kappa shape index (κ1) is 16.0. The Morgan fingerprint density at radius 2 is 2.00 bits per heavy atom. The van der Waals surface area contributed by atoms with E-state index in [1.165, 1.54) is 0 Å². The van der Waals surface area contributed by atoms with Gasteiger partial charge in [-0.15, -0.1) is 0 Å². The zero-order chi connectivity index (χ0) is 15.4. The summed E-state index contributed by atoms with van der Waals surface area (Å²) in [7, 11) is 0. The number of carbonyl (C=O) groups is 2. The van der Waals surface area contributed by atoms with E-state index < -0.39 is 0 Å². The van der Waals surface area contributed by atoms with E-state index in [-0.39, 0.29) is 24.2 Å². The highest BCUT2D eigenvalue weighted by Crippen LogP contribution is 2.35. The number of ketones is 1. The Labute approximate surface area is 133 Å². The predicted molar refractivity (Wildman–Crippen MR) is 85.9 cm³/mol. The second-order valence-corrected chi connectivity index (χ2v) is 6.16. The number of benzene rings is 1. The lowest BCUT2D eigenvalue weighted by Crippen LogP contribution is -2.26. The molecule has 0 spiro atoms. The highest BCUT2D eigenvalue weighted by Gasteiger charge is 2.24. The Kier molecular flexibility index (Phi) is 5.39. The van der Waals surface area contributed by atoms with E-state index in [9.17, 15) is 9.59 Å². The molecule has 0 bridgehead atoms. The first-order valence-electron chi connectivity index (χ1n) is 7.37. The number of Topliss-reactive ketones (excluding diaryl/α,β-unsaturated/α-hetero) is 1. The maximum atomic E-state index is 12.7. The Hall–Kier alpha value is -1.36. The standard InChI is InChI=1S/C16H20BrNO3/c1-3-5-10(6-4-2)16(20)11-7-14-13(8-12(11)17)18-15(19)9-21-14/h7-8,10H,3-6,9H2,1-2H3,(H,18,19). The summed E-state index contributed by atoms with van der Waals surface area (Å²) in [6.07, 6.45) is 3.78. The number of anilines is 1. The van der Waals surface area contributed by atoms with Crippen LogP contribution in [-0.2, 0) is 4.79 Å². The van der Waals surface area contributed by atoms with E-state index in [1.807, 2.05) is 0 Å². The van der Waals surface area contributed by atoms with Crippen molar-refractivity contribution in [3.05, 3.63) is 22.2 Å². The third kappa shape index (κ3) is 3.64. The molecule has 0 aromatic heterocycles. The Morgan fingerprint density at radius 1 is 1.33 bits per heavy atom. The van der Waals surface area contributed by atoms with E-state index in [4.69, 9.17) is 4.74 Å². The summed E-state index contributed by atoms with van der Waals surface area (Å²) < 4.78 is 6.10. The number of amides is 1. The lowest BCUT2D eigenvalue weighted by Gasteiger charge is -2.21. The molecule has 0 aliphatic carbocycles. The molecule has 1 aromatic carbocycles. The zero-order valence-corrected chi connectivity index (χ0v) is 14.0. The normalized spacial score (nSPS) is 13.6. The van der Waals surface area contributed by atoms with Gasteiger partial charge in [-0.2, -0.15) is 0 Å². The van der Waals surface area contributed by atoms with Crippen molar-refractivity contribution in [2.24, 2.45) is 5.92 Å². The molecule has 0 unspecified atom stereocenters. The summed E-state index contributed by atoms with van der Waals surface area (Å²) in [5, 5.41) is 2.74. The quantitative estimate of drug-likeness (QED) is 0.780. The minimum atomic E-state index is -0.177. The van der Waals surface area contributed by atoms with Crippen LogP contribution in [0, 0.1) is 5.92 Å². The topological polar surface area (TPSA) is 55.4 Å². The van der Waals surface area contributed by atoms with Gasteiger partial charge in [0.15, 0.2) is 12.4 Å². The highest BCUT2D eigenvalue weighted by molar-refractivity contribution is 9.10. The average molecular weight is 354 g/mol. The van der Waals surface area contributed by atoms with E-state index in [2.05, 4.69) is 35.1 Å². The Balaban J connectivity index is 2.30. The summed E-state index contributed by atoms with van der Waals surface area (Å²) in [6.45, 7) is 4.18. The first-order valence-corrected chi connectivity index (χ1v) is 8.16. The second-order valence-electron chi connectivity index (χ2n) is 5.30. The number of fused-ring (bicyclic) bond motifs is 1. The summed E-state index contributed by atoms with van der Waals surface area (Å²) >= 11 is 3.44. The van der Waals surface area contributed by atoms with Gasteiger partial charge in [-0.05, 0) is 40.9 Å². The average Bonchev–Trinajstić information content (AvgIpc) is 2.45.